The van der Waals surface area contributed by atoms with E-state index in [9.17, 15) is 0 Å². The number of nitrogen functional groups attached to an aromatic ring is 1. The van der Waals surface area contributed by atoms with E-state index in [-0.39, 0.29) is 0 Å². The van der Waals surface area contributed by atoms with Crippen molar-refractivity contribution in [3.63, 3.8) is 0 Å². The topological polar surface area (TPSA) is 51.8 Å². The van der Waals surface area contributed by atoms with Gasteiger partial charge in [0.15, 0.2) is 0 Å². The second-order valence-corrected chi connectivity index (χ2v) is 4.72. The molecule has 3 rings (SSSR count). The van der Waals surface area contributed by atoms with E-state index in [1.807, 2.05) is 36.4 Å². The molecule has 1 saturated carbocycles. The van der Waals surface area contributed by atoms with Gasteiger partial charge in [-0.15, -0.1) is 0 Å². The standard InChI is InChI=1S/C14H15N3/c1-9-7-11(9)14-16-12(8-13(15)17-14)10-5-3-2-4-6-10/h2-6,8-9,11H,7H2,1H3,(H2,15,16,17). The summed E-state index contributed by atoms with van der Waals surface area (Å²) >= 11 is 0. The lowest BCUT2D eigenvalue weighted by Gasteiger charge is -2.05. The van der Waals surface area contributed by atoms with Gasteiger partial charge >= 0.3 is 0 Å². The molecule has 2 unspecified atom stereocenters. The molecule has 2 N–H and O–H groups in total. The van der Waals surface area contributed by atoms with Gasteiger partial charge in [-0.3, -0.25) is 0 Å². The molecule has 86 valence electrons. The summed E-state index contributed by atoms with van der Waals surface area (Å²) in [7, 11) is 0. The maximum absolute atomic E-state index is 5.86. The first-order chi connectivity index (χ1) is 8.24. The molecule has 1 heterocycles. The Morgan fingerprint density at radius 3 is 2.53 bits per heavy atom. The summed E-state index contributed by atoms with van der Waals surface area (Å²) in [5.41, 5.74) is 7.87. The number of hydrogen-bond donors (Lipinski definition) is 1. The predicted molar refractivity (Wildman–Crippen MR) is 68.4 cm³/mol. The van der Waals surface area contributed by atoms with E-state index < -0.39 is 0 Å². The maximum Gasteiger partial charge on any atom is 0.134 e. The van der Waals surface area contributed by atoms with Crippen LogP contribution in [0.4, 0.5) is 5.82 Å². The Bertz CT molecular complexity index is 536. The van der Waals surface area contributed by atoms with Gasteiger partial charge < -0.3 is 5.73 Å². The molecule has 2 aromatic rings. The van der Waals surface area contributed by atoms with E-state index >= 15 is 0 Å². The monoisotopic (exact) mass is 225 g/mol. The summed E-state index contributed by atoms with van der Waals surface area (Å²) in [4.78, 5) is 8.96. The fourth-order valence-corrected chi connectivity index (χ4v) is 2.09. The average Bonchev–Trinajstić information content (AvgIpc) is 3.07. The number of nitrogens with zero attached hydrogens (tertiary/aromatic N) is 2. The lowest BCUT2D eigenvalue weighted by Crippen LogP contribution is -2.00. The molecule has 1 aromatic carbocycles. The van der Waals surface area contributed by atoms with Gasteiger partial charge in [0.25, 0.3) is 0 Å². The van der Waals surface area contributed by atoms with E-state index in [0.29, 0.717) is 17.7 Å². The zero-order chi connectivity index (χ0) is 11.8. The van der Waals surface area contributed by atoms with Crippen LogP contribution in [0.2, 0.25) is 0 Å². The summed E-state index contributed by atoms with van der Waals surface area (Å²) < 4.78 is 0. The Morgan fingerprint density at radius 2 is 1.88 bits per heavy atom. The molecule has 17 heavy (non-hydrogen) atoms. The van der Waals surface area contributed by atoms with Crippen LogP contribution in [0.3, 0.4) is 0 Å². The third-order valence-electron chi connectivity index (χ3n) is 3.27. The lowest BCUT2D eigenvalue weighted by atomic mass is 10.1. The van der Waals surface area contributed by atoms with Crippen LogP contribution in [-0.4, -0.2) is 9.97 Å². The van der Waals surface area contributed by atoms with Crippen LogP contribution in [0, 0.1) is 5.92 Å². The summed E-state index contributed by atoms with van der Waals surface area (Å²) in [6.45, 7) is 2.22. The van der Waals surface area contributed by atoms with Crippen LogP contribution >= 0.6 is 0 Å². The minimum atomic E-state index is 0.501. The molecule has 1 aliphatic rings. The van der Waals surface area contributed by atoms with Gasteiger partial charge in [0.05, 0.1) is 5.69 Å². The van der Waals surface area contributed by atoms with Gasteiger partial charge in [-0.05, 0) is 12.3 Å². The minimum absolute atomic E-state index is 0.501. The van der Waals surface area contributed by atoms with Crippen molar-refractivity contribution >= 4 is 5.82 Å². The van der Waals surface area contributed by atoms with Crippen LogP contribution in [0.15, 0.2) is 36.4 Å². The minimum Gasteiger partial charge on any atom is -0.384 e. The van der Waals surface area contributed by atoms with E-state index in [1.54, 1.807) is 0 Å². The Kier molecular flexibility index (Phi) is 2.32. The van der Waals surface area contributed by atoms with Gasteiger partial charge in [-0.1, -0.05) is 37.3 Å². The molecular weight excluding hydrogens is 210 g/mol. The molecular formula is C14H15N3. The van der Waals surface area contributed by atoms with Gasteiger partial charge in [-0.2, -0.15) is 0 Å². The van der Waals surface area contributed by atoms with Crippen LogP contribution < -0.4 is 5.73 Å². The van der Waals surface area contributed by atoms with Crippen molar-refractivity contribution in [2.24, 2.45) is 5.92 Å². The van der Waals surface area contributed by atoms with Crippen molar-refractivity contribution in [3.8, 4) is 11.3 Å². The number of aromatic nitrogens is 2. The fourth-order valence-electron chi connectivity index (χ4n) is 2.09. The van der Waals surface area contributed by atoms with Gasteiger partial charge in [0, 0.05) is 17.5 Å². The highest BCUT2D eigenvalue weighted by molar-refractivity contribution is 5.61. The highest BCUT2D eigenvalue weighted by Gasteiger charge is 2.36. The fraction of sp³-hybridized carbons (Fsp3) is 0.286. The molecule has 1 fully saturated rings. The molecule has 3 heteroatoms. The second kappa shape index (κ2) is 3.84. The highest BCUT2D eigenvalue weighted by Crippen LogP contribution is 2.45. The normalized spacial score (nSPS) is 22.4. The molecule has 0 radical (unpaired) electrons. The lowest BCUT2D eigenvalue weighted by molar-refractivity contribution is 0.847. The number of anilines is 1. The molecule has 0 bridgehead atoms. The molecule has 0 spiro atoms. The van der Waals surface area contributed by atoms with Crippen molar-refractivity contribution in [2.45, 2.75) is 19.3 Å². The highest BCUT2D eigenvalue weighted by atomic mass is 15.0. The van der Waals surface area contributed by atoms with Crippen molar-refractivity contribution in [1.82, 2.24) is 9.97 Å². The molecule has 0 amide bonds. The summed E-state index contributed by atoms with van der Waals surface area (Å²) in [6, 6.07) is 11.9. The Morgan fingerprint density at radius 1 is 1.18 bits per heavy atom. The first kappa shape index (κ1) is 10.3. The van der Waals surface area contributed by atoms with E-state index in [4.69, 9.17) is 5.73 Å². The number of benzene rings is 1. The molecule has 2 atom stereocenters. The smallest absolute Gasteiger partial charge is 0.134 e. The Hall–Kier alpha value is -1.90. The Balaban J connectivity index is 2.03. The number of nitrogens with two attached hydrogens (primary N) is 1. The van der Waals surface area contributed by atoms with Crippen LogP contribution in [-0.2, 0) is 0 Å². The average molecular weight is 225 g/mol. The second-order valence-electron chi connectivity index (χ2n) is 4.72. The third-order valence-corrected chi connectivity index (χ3v) is 3.27. The SMILES string of the molecule is CC1CC1c1nc(N)cc(-c2ccccc2)n1. The van der Waals surface area contributed by atoms with Crippen LogP contribution in [0.1, 0.15) is 25.1 Å². The molecule has 3 nitrogen and oxygen atoms in total. The molecule has 0 aliphatic heterocycles. The molecule has 1 aliphatic carbocycles. The van der Waals surface area contributed by atoms with E-state index in [0.717, 1.165) is 17.1 Å². The molecule has 1 aromatic heterocycles. The predicted octanol–water partition coefficient (Wildman–Crippen LogP) is 2.85. The maximum atomic E-state index is 5.86. The summed E-state index contributed by atoms with van der Waals surface area (Å²) in [5.74, 6) is 2.66. The summed E-state index contributed by atoms with van der Waals surface area (Å²) in [5, 5.41) is 0. The van der Waals surface area contributed by atoms with Gasteiger partial charge in [0.2, 0.25) is 0 Å². The van der Waals surface area contributed by atoms with Gasteiger partial charge in [0.1, 0.15) is 11.6 Å². The number of rotatable bonds is 2. The van der Waals surface area contributed by atoms with Crippen molar-refractivity contribution in [3.05, 3.63) is 42.2 Å². The van der Waals surface area contributed by atoms with Crippen LogP contribution in [0.5, 0.6) is 0 Å². The Labute approximate surface area is 101 Å². The van der Waals surface area contributed by atoms with Crippen molar-refractivity contribution < 1.29 is 0 Å². The van der Waals surface area contributed by atoms with Crippen molar-refractivity contribution in [1.29, 1.82) is 0 Å². The van der Waals surface area contributed by atoms with Gasteiger partial charge in [-0.25, -0.2) is 9.97 Å². The number of hydrogen-bond acceptors (Lipinski definition) is 3. The zero-order valence-electron chi connectivity index (χ0n) is 9.80. The summed E-state index contributed by atoms with van der Waals surface area (Å²) in [6.07, 6.45) is 1.18. The first-order valence-corrected chi connectivity index (χ1v) is 5.94. The molecule has 0 saturated heterocycles. The zero-order valence-corrected chi connectivity index (χ0v) is 9.80. The van der Waals surface area contributed by atoms with Crippen LogP contribution in [0.25, 0.3) is 11.3 Å². The van der Waals surface area contributed by atoms with Crippen molar-refractivity contribution in [2.75, 3.05) is 5.73 Å². The van der Waals surface area contributed by atoms with E-state index in [2.05, 4.69) is 16.9 Å². The first-order valence-electron chi connectivity index (χ1n) is 5.94. The largest absolute Gasteiger partial charge is 0.384 e. The van der Waals surface area contributed by atoms with E-state index in [1.165, 1.54) is 6.42 Å². The third kappa shape index (κ3) is 2.00. The quantitative estimate of drug-likeness (QED) is 0.855.